The van der Waals surface area contributed by atoms with Crippen LogP contribution in [0.15, 0.2) is 0 Å². The number of ether oxygens (including phenoxy) is 2. The highest BCUT2D eigenvalue weighted by Crippen LogP contribution is 2.41. The average Bonchev–Trinajstić information content (AvgIpc) is 3.25. The molecule has 1 amide bonds. The van der Waals surface area contributed by atoms with E-state index in [1.54, 1.807) is 0 Å². The highest BCUT2D eigenvalue weighted by atomic mass is 16.7. The Morgan fingerprint density at radius 2 is 1.97 bits per heavy atom. The second-order valence-electron chi connectivity index (χ2n) is 8.77. The van der Waals surface area contributed by atoms with Crippen molar-refractivity contribution in [2.75, 3.05) is 19.9 Å². The summed E-state index contributed by atoms with van der Waals surface area (Å²) in [6, 6.07) is -1.12. The van der Waals surface area contributed by atoms with Gasteiger partial charge in [-0.2, -0.15) is 0 Å². The number of carbonyl (C=O) groups is 3. The second-order valence-corrected chi connectivity index (χ2v) is 8.77. The highest BCUT2D eigenvalue weighted by molar-refractivity contribution is 6.40. The lowest BCUT2D eigenvalue weighted by atomic mass is 9.77. The second kappa shape index (κ2) is 11.1. The summed E-state index contributed by atoms with van der Waals surface area (Å²) < 4.78 is 10.00. The number of esters is 1. The zero-order valence-corrected chi connectivity index (χ0v) is 18.2. The van der Waals surface area contributed by atoms with Crippen molar-refractivity contribution in [1.29, 1.82) is 0 Å². The number of fused-ring (bicyclic) bond motifs is 1. The van der Waals surface area contributed by atoms with Crippen LogP contribution in [0, 0.1) is 11.8 Å². The zero-order chi connectivity index (χ0) is 23.2. The third-order valence-corrected chi connectivity index (χ3v) is 6.12. The molecule has 0 aromatic heterocycles. The van der Waals surface area contributed by atoms with Crippen molar-refractivity contribution in [3.8, 4) is 0 Å². The molecule has 0 radical (unpaired) electrons. The van der Waals surface area contributed by atoms with E-state index in [0.717, 1.165) is 0 Å². The van der Waals surface area contributed by atoms with Gasteiger partial charge >= 0.3 is 25.2 Å². The summed E-state index contributed by atoms with van der Waals surface area (Å²) in [4.78, 5) is 37.9. The number of unbranched alkanes of at least 4 members (excludes halogenated alkanes) is 1. The summed E-state index contributed by atoms with van der Waals surface area (Å²) in [5, 5.41) is 30.9. The molecule has 1 unspecified atom stereocenters. The Morgan fingerprint density at radius 1 is 1.26 bits per heavy atom. The molecule has 2 fully saturated rings. The first-order valence-electron chi connectivity index (χ1n) is 10.8. The van der Waals surface area contributed by atoms with Gasteiger partial charge in [0.15, 0.2) is 0 Å². The minimum Gasteiger partial charge on any atom is -0.480 e. The normalized spacial score (nSPS) is 25.9. The monoisotopic (exact) mass is 443 g/mol. The number of nitrogens with two attached hydrogens (primary N) is 1. The van der Waals surface area contributed by atoms with Crippen molar-refractivity contribution < 1.29 is 39.0 Å². The van der Waals surface area contributed by atoms with Crippen LogP contribution in [0.4, 0.5) is 4.79 Å². The van der Waals surface area contributed by atoms with Crippen LogP contribution >= 0.6 is 0 Å². The first-order valence-corrected chi connectivity index (χ1v) is 10.8. The Bertz CT molecular complexity index is 650. The number of likely N-dealkylation sites (tertiary alicyclic amines) is 1. The fourth-order valence-electron chi connectivity index (χ4n) is 4.60. The van der Waals surface area contributed by atoms with Gasteiger partial charge < -0.3 is 35.3 Å². The maximum Gasteiger partial charge on any atom is 0.451 e. The predicted octanol–water partition coefficient (Wildman–Crippen LogP) is -0.243. The van der Waals surface area contributed by atoms with Gasteiger partial charge in [0, 0.05) is 19.0 Å². The van der Waals surface area contributed by atoms with Crippen LogP contribution in [0.5, 0.6) is 0 Å². The van der Waals surface area contributed by atoms with Gasteiger partial charge in [-0.15, -0.1) is 0 Å². The number of hydrogen-bond donors (Lipinski definition) is 5. The van der Waals surface area contributed by atoms with E-state index in [4.69, 9.17) is 25.3 Å². The average molecular weight is 443 g/mol. The Hall–Kier alpha value is -1.89. The lowest BCUT2D eigenvalue weighted by Gasteiger charge is -2.30. The molecule has 2 heterocycles. The van der Waals surface area contributed by atoms with Crippen LogP contribution in [0.25, 0.3) is 0 Å². The van der Waals surface area contributed by atoms with Gasteiger partial charge in [0.25, 0.3) is 0 Å². The van der Waals surface area contributed by atoms with E-state index in [1.807, 2.05) is 13.8 Å². The molecular formula is C19H34BN3O8. The number of rotatable bonds is 11. The molecule has 2 rings (SSSR count). The van der Waals surface area contributed by atoms with Crippen LogP contribution in [0.3, 0.4) is 0 Å². The van der Waals surface area contributed by atoms with Crippen LogP contribution < -0.4 is 11.1 Å². The van der Waals surface area contributed by atoms with E-state index < -0.39 is 43.5 Å². The Labute approximate surface area is 182 Å². The molecule has 0 saturated carbocycles. The third-order valence-electron chi connectivity index (χ3n) is 6.12. The van der Waals surface area contributed by atoms with Gasteiger partial charge in [-0.1, -0.05) is 26.7 Å². The van der Waals surface area contributed by atoms with Gasteiger partial charge in [-0.25, -0.2) is 4.79 Å². The van der Waals surface area contributed by atoms with E-state index in [1.165, 1.54) is 4.90 Å². The van der Waals surface area contributed by atoms with Gasteiger partial charge in [0.2, 0.25) is 6.79 Å². The SMILES string of the molecule is CC(C)CC(N)C(=O)OCOC(=O)N1CC[C@H]2[C@@H]1CN[C@@]2(CCCCB(O)O)C(=O)O. The molecule has 12 heteroatoms. The molecule has 2 aliphatic heterocycles. The molecule has 2 saturated heterocycles. The minimum atomic E-state index is -1.41. The molecule has 176 valence electrons. The van der Waals surface area contributed by atoms with Crippen LogP contribution in [0.2, 0.25) is 6.32 Å². The quantitative estimate of drug-likeness (QED) is 0.124. The van der Waals surface area contributed by atoms with E-state index in [-0.39, 0.29) is 24.2 Å². The first-order chi connectivity index (χ1) is 14.6. The summed E-state index contributed by atoms with van der Waals surface area (Å²) in [7, 11) is -1.41. The summed E-state index contributed by atoms with van der Waals surface area (Å²) in [5.74, 6) is -1.68. The number of carboxylic acids is 1. The maximum absolute atomic E-state index is 12.5. The molecule has 0 bridgehead atoms. The lowest BCUT2D eigenvalue weighted by molar-refractivity contribution is -0.154. The zero-order valence-electron chi connectivity index (χ0n) is 18.2. The van der Waals surface area contributed by atoms with E-state index in [9.17, 15) is 19.5 Å². The standard InChI is InChI=1S/C19H34BN3O8/c1-12(2)9-14(21)16(24)30-11-31-18(27)23-8-5-13-15(23)10-22-19(13,17(25)26)6-3-4-7-20(28)29/h12-15,22,28-29H,3-11,21H2,1-2H3,(H,25,26)/t13-,14?,15-,19+/m0/s1. The van der Waals surface area contributed by atoms with Crippen molar-refractivity contribution in [3.05, 3.63) is 0 Å². The fourth-order valence-corrected chi connectivity index (χ4v) is 4.60. The first kappa shape index (κ1) is 25.4. The molecule has 6 N–H and O–H groups in total. The number of nitrogens with one attached hydrogen (secondary N) is 1. The Morgan fingerprint density at radius 3 is 2.58 bits per heavy atom. The molecular weight excluding hydrogens is 409 g/mol. The van der Waals surface area contributed by atoms with Crippen molar-refractivity contribution in [3.63, 3.8) is 0 Å². The van der Waals surface area contributed by atoms with Gasteiger partial charge in [-0.3, -0.25) is 14.9 Å². The number of carbonyl (C=O) groups excluding carboxylic acids is 2. The minimum absolute atomic E-state index is 0.182. The molecule has 2 aliphatic rings. The van der Waals surface area contributed by atoms with Crippen LogP contribution in [-0.2, 0) is 19.1 Å². The van der Waals surface area contributed by atoms with Crippen LogP contribution in [0.1, 0.15) is 46.0 Å². The molecule has 0 aromatic carbocycles. The maximum atomic E-state index is 12.5. The van der Waals surface area contributed by atoms with E-state index >= 15 is 0 Å². The van der Waals surface area contributed by atoms with E-state index in [0.29, 0.717) is 45.2 Å². The Kier molecular flexibility index (Phi) is 9.10. The molecule has 11 nitrogen and oxygen atoms in total. The van der Waals surface area contributed by atoms with Crippen molar-refractivity contribution in [1.82, 2.24) is 10.2 Å². The largest absolute Gasteiger partial charge is 0.480 e. The van der Waals surface area contributed by atoms with Crippen molar-refractivity contribution >= 4 is 25.2 Å². The molecule has 0 aliphatic carbocycles. The smallest absolute Gasteiger partial charge is 0.451 e. The number of amides is 1. The summed E-state index contributed by atoms with van der Waals surface area (Å²) >= 11 is 0. The van der Waals surface area contributed by atoms with Crippen LogP contribution in [-0.4, -0.2) is 82.7 Å². The summed E-state index contributed by atoms with van der Waals surface area (Å²) in [6.45, 7) is 3.98. The highest BCUT2D eigenvalue weighted by Gasteiger charge is 2.58. The number of hydrogen-bond acceptors (Lipinski definition) is 9. The molecule has 31 heavy (non-hydrogen) atoms. The van der Waals surface area contributed by atoms with Gasteiger partial charge in [0.05, 0.1) is 6.04 Å². The van der Waals surface area contributed by atoms with Gasteiger partial charge in [0.1, 0.15) is 11.6 Å². The lowest BCUT2D eigenvalue weighted by Crippen LogP contribution is -2.52. The van der Waals surface area contributed by atoms with Crippen molar-refractivity contribution in [2.45, 2.75) is 69.9 Å². The number of nitrogens with zero attached hydrogens (tertiary/aromatic N) is 1. The van der Waals surface area contributed by atoms with Gasteiger partial charge in [-0.05, 0) is 31.5 Å². The predicted molar refractivity (Wildman–Crippen MR) is 111 cm³/mol. The Balaban J connectivity index is 1.87. The fraction of sp³-hybridized carbons (Fsp3) is 0.842. The summed E-state index contributed by atoms with van der Waals surface area (Å²) in [5.41, 5.74) is 4.56. The number of carboxylic acid groups (broad SMARTS) is 1. The van der Waals surface area contributed by atoms with E-state index in [2.05, 4.69) is 5.32 Å². The third kappa shape index (κ3) is 6.31. The topological polar surface area (TPSA) is 172 Å². The molecule has 4 atom stereocenters. The molecule has 0 spiro atoms. The number of aliphatic carboxylic acids is 1. The molecule has 0 aromatic rings. The van der Waals surface area contributed by atoms with Crippen molar-refractivity contribution in [2.24, 2.45) is 17.6 Å². The summed E-state index contributed by atoms with van der Waals surface area (Å²) in [6.07, 6.45) is 1.80.